The van der Waals surface area contributed by atoms with Gasteiger partial charge in [0.1, 0.15) is 0 Å². The van der Waals surface area contributed by atoms with E-state index in [0.29, 0.717) is 13.2 Å². The number of amides is 1. The van der Waals surface area contributed by atoms with E-state index in [4.69, 9.17) is 4.74 Å². The summed E-state index contributed by atoms with van der Waals surface area (Å²) < 4.78 is 5.33. The Balaban J connectivity index is 1.40. The van der Waals surface area contributed by atoms with Crippen LogP contribution in [0.5, 0.6) is 0 Å². The molecule has 4 rings (SSSR count). The molecule has 1 spiro atoms. The van der Waals surface area contributed by atoms with Crippen molar-refractivity contribution in [3.63, 3.8) is 0 Å². The summed E-state index contributed by atoms with van der Waals surface area (Å²) in [5.41, 5.74) is 2.71. The number of carboxylic acids is 1. The molecule has 1 aromatic carbocycles. The van der Waals surface area contributed by atoms with E-state index in [0.717, 1.165) is 38.5 Å². The molecule has 1 aliphatic heterocycles. The van der Waals surface area contributed by atoms with Gasteiger partial charge in [0, 0.05) is 31.1 Å². The van der Waals surface area contributed by atoms with Gasteiger partial charge in [0.2, 0.25) is 5.91 Å². The highest BCUT2D eigenvalue weighted by atomic mass is 16.5. The number of carbonyl (C=O) groups excluding carboxylic acids is 1. The quantitative estimate of drug-likeness (QED) is 0.849. The Morgan fingerprint density at radius 2 is 2.04 bits per heavy atom. The van der Waals surface area contributed by atoms with Gasteiger partial charge >= 0.3 is 5.97 Å². The van der Waals surface area contributed by atoms with Crippen LogP contribution < -0.4 is 5.32 Å². The van der Waals surface area contributed by atoms with E-state index in [2.05, 4.69) is 29.6 Å². The third-order valence-corrected chi connectivity index (χ3v) is 6.66. The van der Waals surface area contributed by atoms with Crippen LogP contribution in [-0.2, 0) is 26.2 Å². The zero-order chi connectivity index (χ0) is 18.1. The van der Waals surface area contributed by atoms with Gasteiger partial charge in [-0.3, -0.25) is 9.59 Å². The first kappa shape index (κ1) is 17.5. The SMILES string of the molecule is O=C(O)C(CNC(=O)C1CC12CCCc1ccccc12)C1CCOCC1. The fraction of sp³-hybridized carbons (Fsp3) is 0.619. The average Bonchev–Trinajstić information content (AvgIpc) is 3.37. The van der Waals surface area contributed by atoms with E-state index in [1.165, 1.54) is 11.1 Å². The lowest BCUT2D eigenvalue weighted by atomic mass is 9.78. The van der Waals surface area contributed by atoms with Crippen LogP contribution in [0.1, 0.15) is 43.2 Å². The fourth-order valence-corrected chi connectivity index (χ4v) is 5.08. The molecule has 1 heterocycles. The highest BCUT2D eigenvalue weighted by molar-refractivity contribution is 5.85. The van der Waals surface area contributed by atoms with Crippen LogP contribution in [0.4, 0.5) is 0 Å². The first-order valence-corrected chi connectivity index (χ1v) is 9.78. The molecule has 26 heavy (non-hydrogen) atoms. The van der Waals surface area contributed by atoms with Crippen LogP contribution in [0.2, 0.25) is 0 Å². The Bertz CT molecular complexity index is 697. The van der Waals surface area contributed by atoms with Crippen molar-refractivity contribution in [2.75, 3.05) is 19.8 Å². The monoisotopic (exact) mass is 357 g/mol. The summed E-state index contributed by atoms with van der Waals surface area (Å²) in [6.45, 7) is 1.46. The predicted octanol–water partition coefficient (Wildman–Crippen LogP) is 2.52. The van der Waals surface area contributed by atoms with Crippen molar-refractivity contribution in [1.29, 1.82) is 0 Å². The summed E-state index contributed by atoms with van der Waals surface area (Å²) in [6.07, 6.45) is 5.69. The Labute approximate surface area is 154 Å². The van der Waals surface area contributed by atoms with E-state index >= 15 is 0 Å². The lowest BCUT2D eigenvalue weighted by Gasteiger charge is -2.28. The molecule has 2 N–H and O–H groups in total. The van der Waals surface area contributed by atoms with Crippen LogP contribution in [-0.4, -0.2) is 36.7 Å². The zero-order valence-corrected chi connectivity index (χ0v) is 15.1. The Morgan fingerprint density at radius 3 is 2.81 bits per heavy atom. The molecule has 3 aliphatic rings. The molecule has 0 radical (unpaired) electrons. The zero-order valence-electron chi connectivity index (χ0n) is 15.1. The van der Waals surface area contributed by atoms with Gasteiger partial charge < -0.3 is 15.2 Å². The molecular weight excluding hydrogens is 330 g/mol. The smallest absolute Gasteiger partial charge is 0.308 e. The molecule has 1 aromatic rings. The number of rotatable bonds is 5. The highest BCUT2D eigenvalue weighted by Gasteiger charge is 2.60. The maximum Gasteiger partial charge on any atom is 0.308 e. The molecule has 2 fully saturated rings. The van der Waals surface area contributed by atoms with Crippen LogP contribution in [0, 0.1) is 17.8 Å². The van der Waals surface area contributed by atoms with Crippen LogP contribution in [0.15, 0.2) is 24.3 Å². The summed E-state index contributed by atoms with van der Waals surface area (Å²) in [5, 5.41) is 12.5. The number of aliphatic carboxylic acids is 1. The van der Waals surface area contributed by atoms with Crippen molar-refractivity contribution < 1.29 is 19.4 Å². The summed E-state index contributed by atoms with van der Waals surface area (Å²) >= 11 is 0. The van der Waals surface area contributed by atoms with Crippen molar-refractivity contribution >= 4 is 11.9 Å². The molecule has 1 saturated heterocycles. The van der Waals surface area contributed by atoms with Gasteiger partial charge in [-0.1, -0.05) is 24.3 Å². The average molecular weight is 357 g/mol. The van der Waals surface area contributed by atoms with Crippen molar-refractivity contribution in [3.8, 4) is 0 Å². The third kappa shape index (κ3) is 3.13. The summed E-state index contributed by atoms with van der Waals surface area (Å²) in [5.74, 6) is -1.22. The van der Waals surface area contributed by atoms with Gasteiger partial charge in [0.15, 0.2) is 0 Å². The Kier molecular flexibility index (Phi) is 4.74. The molecule has 0 bridgehead atoms. The maximum atomic E-state index is 12.8. The largest absolute Gasteiger partial charge is 0.481 e. The van der Waals surface area contributed by atoms with Crippen LogP contribution in [0.3, 0.4) is 0 Å². The summed E-state index contributed by atoms with van der Waals surface area (Å²) in [7, 11) is 0. The van der Waals surface area contributed by atoms with Gasteiger partial charge in [0.05, 0.1) is 5.92 Å². The van der Waals surface area contributed by atoms with Gasteiger partial charge in [-0.25, -0.2) is 0 Å². The number of ether oxygens (including phenoxy) is 1. The minimum atomic E-state index is -0.814. The number of nitrogens with one attached hydrogen (secondary N) is 1. The number of aryl methyl sites for hydroxylation is 1. The van der Waals surface area contributed by atoms with E-state index in [9.17, 15) is 14.7 Å². The predicted molar refractivity (Wildman–Crippen MR) is 96.8 cm³/mol. The lowest BCUT2D eigenvalue weighted by molar-refractivity contribution is -0.145. The van der Waals surface area contributed by atoms with Gasteiger partial charge in [-0.05, 0) is 55.6 Å². The molecular formula is C21H27NO4. The molecule has 0 aromatic heterocycles. The van der Waals surface area contributed by atoms with Gasteiger partial charge in [-0.2, -0.15) is 0 Å². The normalized spacial score (nSPS) is 29.0. The molecule has 5 heteroatoms. The number of carboxylic acid groups (broad SMARTS) is 1. The molecule has 140 valence electrons. The second kappa shape index (κ2) is 7.03. The molecule has 1 saturated carbocycles. The van der Waals surface area contributed by atoms with E-state index in [-0.39, 0.29) is 29.7 Å². The molecule has 2 aliphatic carbocycles. The minimum Gasteiger partial charge on any atom is -0.481 e. The summed E-state index contributed by atoms with van der Waals surface area (Å²) in [6, 6.07) is 8.48. The molecule has 5 nitrogen and oxygen atoms in total. The van der Waals surface area contributed by atoms with Crippen molar-refractivity contribution in [2.45, 2.75) is 43.9 Å². The topological polar surface area (TPSA) is 75.6 Å². The second-order valence-corrected chi connectivity index (χ2v) is 8.06. The van der Waals surface area contributed by atoms with E-state index in [1.807, 2.05) is 0 Å². The van der Waals surface area contributed by atoms with Crippen molar-refractivity contribution in [3.05, 3.63) is 35.4 Å². The summed E-state index contributed by atoms with van der Waals surface area (Å²) in [4.78, 5) is 24.4. The van der Waals surface area contributed by atoms with E-state index < -0.39 is 11.9 Å². The van der Waals surface area contributed by atoms with E-state index in [1.54, 1.807) is 0 Å². The van der Waals surface area contributed by atoms with Gasteiger partial charge in [0.25, 0.3) is 0 Å². The number of benzene rings is 1. The first-order valence-electron chi connectivity index (χ1n) is 9.78. The molecule has 1 amide bonds. The molecule has 3 unspecified atom stereocenters. The van der Waals surface area contributed by atoms with Crippen molar-refractivity contribution in [2.24, 2.45) is 17.8 Å². The standard InChI is InChI=1S/C21H27NO4/c23-19(22-13-16(20(24)25)14-7-10-26-11-8-14)18-12-21(18)9-3-5-15-4-1-2-6-17(15)21/h1-2,4,6,14,16,18H,3,5,7-13H2,(H,22,23)(H,24,25). The Morgan fingerprint density at radius 1 is 1.27 bits per heavy atom. The number of hydrogen-bond acceptors (Lipinski definition) is 3. The maximum absolute atomic E-state index is 12.8. The number of hydrogen-bond donors (Lipinski definition) is 2. The third-order valence-electron chi connectivity index (χ3n) is 6.66. The first-order chi connectivity index (χ1) is 12.6. The van der Waals surface area contributed by atoms with Crippen LogP contribution in [0.25, 0.3) is 0 Å². The lowest BCUT2D eigenvalue weighted by Crippen LogP contribution is -2.40. The van der Waals surface area contributed by atoms with Crippen molar-refractivity contribution in [1.82, 2.24) is 5.32 Å². The molecule has 3 atom stereocenters. The fourth-order valence-electron chi connectivity index (χ4n) is 5.08. The number of fused-ring (bicyclic) bond motifs is 2. The second-order valence-electron chi connectivity index (χ2n) is 8.06. The highest BCUT2D eigenvalue weighted by Crippen LogP contribution is 2.60. The Hall–Kier alpha value is -1.88. The number of carbonyl (C=O) groups is 2. The van der Waals surface area contributed by atoms with Crippen LogP contribution >= 0.6 is 0 Å². The minimum absolute atomic E-state index is 0.00365. The van der Waals surface area contributed by atoms with Gasteiger partial charge in [-0.15, -0.1) is 0 Å².